The van der Waals surface area contributed by atoms with E-state index >= 15 is 0 Å². The molecule has 5 heteroatoms. The smallest absolute Gasteiger partial charge is 0.335 e. The maximum atomic E-state index is 12.7. The van der Waals surface area contributed by atoms with Crippen LogP contribution in [-0.2, 0) is 6.54 Å². The molecule has 5 nitrogen and oxygen atoms in total. The van der Waals surface area contributed by atoms with E-state index in [2.05, 4.69) is 5.32 Å². The number of carboxylic acid groups (broad SMARTS) is 1. The zero-order chi connectivity index (χ0) is 19.2. The molecule has 0 saturated heterocycles. The fourth-order valence-corrected chi connectivity index (χ4v) is 2.72. The quantitative estimate of drug-likeness (QED) is 0.660. The Balaban J connectivity index is 1.79. The number of carbonyl (C=O) groups is 3. The normalized spacial score (nSPS) is 10.2. The average Bonchev–Trinajstić information content (AvgIpc) is 2.72. The summed E-state index contributed by atoms with van der Waals surface area (Å²) in [6.45, 7) is 0.161. The van der Waals surface area contributed by atoms with Crippen molar-refractivity contribution in [3.63, 3.8) is 0 Å². The molecule has 0 unspecified atom stereocenters. The van der Waals surface area contributed by atoms with E-state index in [9.17, 15) is 14.4 Å². The number of carbonyl (C=O) groups excluding carboxylic acids is 2. The first-order chi connectivity index (χ1) is 13.1. The zero-order valence-corrected chi connectivity index (χ0v) is 14.4. The molecule has 1 amide bonds. The number of ketones is 1. The van der Waals surface area contributed by atoms with E-state index in [1.165, 1.54) is 12.1 Å². The van der Waals surface area contributed by atoms with Gasteiger partial charge in [0.25, 0.3) is 5.91 Å². The molecule has 0 spiro atoms. The van der Waals surface area contributed by atoms with Crippen LogP contribution in [-0.4, -0.2) is 22.8 Å². The summed E-state index contributed by atoms with van der Waals surface area (Å²) in [4.78, 5) is 36.4. The first-order valence-electron chi connectivity index (χ1n) is 8.35. The molecule has 0 aliphatic rings. The van der Waals surface area contributed by atoms with E-state index < -0.39 is 11.9 Å². The first kappa shape index (κ1) is 18.1. The molecule has 134 valence electrons. The van der Waals surface area contributed by atoms with Crippen LogP contribution in [0.2, 0.25) is 0 Å². The van der Waals surface area contributed by atoms with E-state index in [4.69, 9.17) is 5.11 Å². The van der Waals surface area contributed by atoms with Gasteiger partial charge in [0.2, 0.25) is 0 Å². The van der Waals surface area contributed by atoms with Crippen molar-refractivity contribution >= 4 is 17.7 Å². The monoisotopic (exact) mass is 359 g/mol. The molecule has 0 aliphatic heterocycles. The molecule has 3 aromatic carbocycles. The largest absolute Gasteiger partial charge is 0.478 e. The van der Waals surface area contributed by atoms with Crippen molar-refractivity contribution in [1.29, 1.82) is 0 Å². The van der Waals surface area contributed by atoms with Crippen molar-refractivity contribution in [2.24, 2.45) is 0 Å². The number of amides is 1. The molecule has 0 aromatic heterocycles. The Morgan fingerprint density at radius 1 is 0.741 bits per heavy atom. The molecule has 3 rings (SSSR count). The molecule has 0 fully saturated rings. The summed E-state index contributed by atoms with van der Waals surface area (Å²) in [6, 6.07) is 21.7. The lowest BCUT2D eigenvalue weighted by Gasteiger charge is -2.10. The molecule has 0 heterocycles. The molecular formula is C22H17NO4. The molecule has 0 bridgehead atoms. The predicted octanol–water partition coefficient (Wildman–Crippen LogP) is 3.55. The Kier molecular flexibility index (Phi) is 5.42. The third-order valence-corrected chi connectivity index (χ3v) is 4.08. The minimum absolute atomic E-state index is 0.154. The SMILES string of the molecule is O=C(O)c1cccc(CNC(=O)c2ccccc2C(=O)c2ccccc2)c1. The van der Waals surface area contributed by atoms with Gasteiger partial charge in [0.05, 0.1) is 11.1 Å². The number of benzene rings is 3. The van der Waals surface area contributed by atoms with Gasteiger partial charge in [-0.2, -0.15) is 0 Å². The summed E-state index contributed by atoms with van der Waals surface area (Å²) in [6.07, 6.45) is 0. The number of hydrogen-bond donors (Lipinski definition) is 2. The number of hydrogen-bond acceptors (Lipinski definition) is 3. The molecule has 0 saturated carbocycles. The Morgan fingerprint density at radius 3 is 2.07 bits per heavy atom. The summed E-state index contributed by atoms with van der Waals surface area (Å²) in [5.74, 6) is -1.65. The van der Waals surface area contributed by atoms with Gasteiger partial charge in [-0.15, -0.1) is 0 Å². The van der Waals surface area contributed by atoms with E-state index in [1.807, 2.05) is 6.07 Å². The zero-order valence-electron chi connectivity index (χ0n) is 14.4. The van der Waals surface area contributed by atoms with E-state index in [-0.39, 0.29) is 23.5 Å². The molecular weight excluding hydrogens is 342 g/mol. The van der Waals surface area contributed by atoms with Gasteiger partial charge in [-0.05, 0) is 23.8 Å². The van der Waals surface area contributed by atoms with Crippen LogP contribution in [0, 0.1) is 0 Å². The van der Waals surface area contributed by atoms with E-state index in [0.717, 1.165) is 0 Å². The number of aromatic carboxylic acids is 1. The van der Waals surface area contributed by atoms with Crippen molar-refractivity contribution in [1.82, 2.24) is 5.32 Å². The van der Waals surface area contributed by atoms with Crippen molar-refractivity contribution in [3.8, 4) is 0 Å². The standard InChI is InChI=1S/C22H17NO4/c24-20(16-8-2-1-3-9-16)18-11-4-5-12-19(18)21(25)23-14-15-7-6-10-17(13-15)22(26)27/h1-13H,14H2,(H,23,25)(H,26,27). The summed E-state index contributed by atoms with van der Waals surface area (Å²) in [5, 5.41) is 11.8. The minimum Gasteiger partial charge on any atom is -0.478 e. The van der Waals surface area contributed by atoms with Gasteiger partial charge < -0.3 is 10.4 Å². The lowest BCUT2D eigenvalue weighted by Crippen LogP contribution is -2.25. The fourth-order valence-electron chi connectivity index (χ4n) is 2.72. The number of carboxylic acids is 1. The van der Waals surface area contributed by atoms with Gasteiger partial charge in [0.15, 0.2) is 5.78 Å². The topological polar surface area (TPSA) is 83.5 Å². The Labute approximate surface area is 156 Å². The highest BCUT2D eigenvalue weighted by Crippen LogP contribution is 2.15. The van der Waals surface area contributed by atoms with Crippen LogP contribution in [0.4, 0.5) is 0 Å². The highest BCUT2D eigenvalue weighted by molar-refractivity contribution is 6.15. The Bertz CT molecular complexity index is 996. The van der Waals surface area contributed by atoms with Gasteiger partial charge in [-0.25, -0.2) is 4.79 Å². The van der Waals surface area contributed by atoms with Gasteiger partial charge in [0, 0.05) is 17.7 Å². The lowest BCUT2D eigenvalue weighted by molar-refractivity contribution is 0.0696. The van der Waals surface area contributed by atoms with Crippen LogP contribution in [0.1, 0.15) is 42.2 Å². The molecule has 27 heavy (non-hydrogen) atoms. The van der Waals surface area contributed by atoms with Crippen molar-refractivity contribution in [2.45, 2.75) is 6.54 Å². The van der Waals surface area contributed by atoms with Crippen LogP contribution >= 0.6 is 0 Å². The van der Waals surface area contributed by atoms with Crippen LogP contribution in [0.3, 0.4) is 0 Å². The fraction of sp³-hybridized carbons (Fsp3) is 0.0455. The second-order valence-corrected chi connectivity index (χ2v) is 5.93. The summed E-state index contributed by atoms with van der Waals surface area (Å²) in [5.41, 5.74) is 1.92. The molecule has 0 atom stereocenters. The first-order valence-corrected chi connectivity index (χ1v) is 8.35. The highest BCUT2D eigenvalue weighted by atomic mass is 16.4. The molecule has 3 aromatic rings. The number of rotatable bonds is 6. The van der Waals surface area contributed by atoms with E-state index in [1.54, 1.807) is 60.7 Å². The van der Waals surface area contributed by atoms with Crippen LogP contribution in [0.15, 0.2) is 78.9 Å². The van der Waals surface area contributed by atoms with Gasteiger partial charge in [-0.3, -0.25) is 9.59 Å². The molecule has 2 N–H and O–H groups in total. The van der Waals surface area contributed by atoms with Gasteiger partial charge >= 0.3 is 5.97 Å². The van der Waals surface area contributed by atoms with Crippen molar-refractivity contribution < 1.29 is 19.5 Å². The summed E-state index contributed by atoms with van der Waals surface area (Å²) < 4.78 is 0. The van der Waals surface area contributed by atoms with E-state index in [0.29, 0.717) is 16.7 Å². The summed E-state index contributed by atoms with van der Waals surface area (Å²) in [7, 11) is 0. The Hall–Kier alpha value is -3.73. The van der Waals surface area contributed by atoms with Crippen molar-refractivity contribution in [3.05, 3.63) is 107 Å². The molecule has 0 radical (unpaired) electrons. The summed E-state index contributed by atoms with van der Waals surface area (Å²) >= 11 is 0. The average molecular weight is 359 g/mol. The second-order valence-electron chi connectivity index (χ2n) is 5.93. The van der Waals surface area contributed by atoms with Crippen LogP contribution in [0.5, 0.6) is 0 Å². The van der Waals surface area contributed by atoms with Gasteiger partial charge in [0.1, 0.15) is 0 Å². The van der Waals surface area contributed by atoms with Crippen LogP contribution in [0.25, 0.3) is 0 Å². The third kappa shape index (κ3) is 4.27. The lowest BCUT2D eigenvalue weighted by atomic mass is 9.98. The van der Waals surface area contributed by atoms with Crippen LogP contribution < -0.4 is 5.32 Å². The maximum Gasteiger partial charge on any atom is 0.335 e. The highest BCUT2D eigenvalue weighted by Gasteiger charge is 2.17. The number of nitrogens with one attached hydrogen (secondary N) is 1. The third-order valence-electron chi connectivity index (χ3n) is 4.08. The van der Waals surface area contributed by atoms with Gasteiger partial charge in [-0.1, -0.05) is 60.7 Å². The maximum absolute atomic E-state index is 12.7. The Morgan fingerprint density at radius 2 is 1.37 bits per heavy atom. The minimum atomic E-state index is -1.03. The van der Waals surface area contributed by atoms with Crippen molar-refractivity contribution in [2.75, 3.05) is 0 Å². The second kappa shape index (κ2) is 8.10. The molecule has 0 aliphatic carbocycles. The predicted molar refractivity (Wildman–Crippen MR) is 101 cm³/mol.